The Morgan fingerprint density at radius 2 is 2.10 bits per heavy atom. The van der Waals surface area contributed by atoms with Crippen LogP contribution in [-0.2, 0) is 7.05 Å². The van der Waals surface area contributed by atoms with E-state index >= 15 is 0 Å². The summed E-state index contributed by atoms with van der Waals surface area (Å²) in [5.74, 6) is -0.420. The summed E-state index contributed by atoms with van der Waals surface area (Å²) in [4.78, 5) is 27.0. The van der Waals surface area contributed by atoms with Gasteiger partial charge in [-0.15, -0.1) is 0 Å². The van der Waals surface area contributed by atoms with Crippen LogP contribution in [0.3, 0.4) is 0 Å². The van der Waals surface area contributed by atoms with Gasteiger partial charge in [-0.25, -0.2) is 15.0 Å². The first-order valence-electron chi connectivity index (χ1n) is 9.67. The second kappa shape index (κ2) is 7.44. The van der Waals surface area contributed by atoms with Gasteiger partial charge in [-0.1, -0.05) is 29.5 Å². The number of rotatable bonds is 4. The standard InChI is InChI=1S/C22H18N6O2S/c1-13(25-20(29)17-8-3-4-9-28(17)30)14-6-5-7-15(10-14)21-26-18-19-16(24-12-27(19)2)11-23-22(18)31-21/h3-13H,1-2H3,(H,25,29)/t13-/m0/s1. The third kappa shape index (κ3) is 3.38. The highest BCUT2D eigenvalue weighted by Crippen LogP contribution is 2.33. The number of imidazole rings is 1. The van der Waals surface area contributed by atoms with Crippen LogP contribution >= 0.6 is 11.3 Å². The lowest BCUT2D eigenvalue weighted by atomic mass is 10.1. The van der Waals surface area contributed by atoms with Crippen LogP contribution in [0.2, 0.25) is 0 Å². The molecule has 0 radical (unpaired) electrons. The number of fused-ring (bicyclic) bond motifs is 3. The van der Waals surface area contributed by atoms with Gasteiger partial charge < -0.3 is 15.1 Å². The van der Waals surface area contributed by atoms with Crippen molar-refractivity contribution in [1.82, 2.24) is 24.8 Å². The first-order valence-corrected chi connectivity index (χ1v) is 10.5. The molecular weight excluding hydrogens is 412 g/mol. The maximum Gasteiger partial charge on any atom is 0.317 e. The zero-order valence-electron chi connectivity index (χ0n) is 16.8. The molecule has 0 fully saturated rings. The largest absolute Gasteiger partial charge is 0.618 e. The van der Waals surface area contributed by atoms with Crippen LogP contribution in [0.25, 0.3) is 32.0 Å². The molecule has 0 spiro atoms. The Kier molecular flexibility index (Phi) is 4.59. The van der Waals surface area contributed by atoms with E-state index in [4.69, 9.17) is 4.98 Å². The Morgan fingerprint density at radius 3 is 2.94 bits per heavy atom. The molecule has 5 aromatic rings. The minimum Gasteiger partial charge on any atom is -0.618 e. The maximum atomic E-state index is 12.5. The summed E-state index contributed by atoms with van der Waals surface area (Å²) in [6.07, 6.45) is 4.83. The lowest BCUT2D eigenvalue weighted by Crippen LogP contribution is -2.39. The van der Waals surface area contributed by atoms with Gasteiger partial charge in [0.2, 0.25) is 0 Å². The number of amides is 1. The summed E-state index contributed by atoms with van der Waals surface area (Å²) < 4.78 is 2.51. The fraction of sp³-hybridized carbons (Fsp3) is 0.136. The SMILES string of the molecule is C[C@H](NC(=O)c1cccc[n+]1[O-])c1cccc(-c2nc3c(ncc4ncn(C)c43)s2)c1. The van der Waals surface area contributed by atoms with Crippen LogP contribution in [0.4, 0.5) is 0 Å². The maximum absolute atomic E-state index is 12.5. The van der Waals surface area contributed by atoms with E-state index in [1.807, 2.05) is 42.8 Å². The minimum absolute atomic E-state index is 0.0583. The molecule has 0 aliphatic rings. The topological polar surface area (TPSA) is 99.6 Å². The van der Waals surface area contributed by atoms with Gasteiger partial charge in [0.05, 0.1) is 24.1 Å². The normalized spacial score (nSPS) is 12.3. The van der Waals surface area contributed by atoms with E-state index in [9.17, 15) is 10.0 Å². The quantitative estimate of drug-likeness (QED) is 0.348. The number of hydrogen-bond donors (Lipinski definition) is 1. The molecule has 0 unspecified atom stereocenters. The van der Waals surface area contributed by atoms with Crippen LogP contribution in [0, 0.1) is 5.21 Å². The molecule has 0 saturated heterocycles. The van der Waals surface area contributed by atoms with Crippen molar-refractivity contribution < 1.29 is 9.52 Å². The molecular formula is C22H18N6O2S. The number of aromatic nitrogens is 5. The molecule has 9 heteroatoms. The van der Waals surface area contributed by atoms with Crippen LogP contribution in [0.5, 0.6) is 0 Å². The van der Waals surface area contributed by atoms with Gasteiger partial charge in [-0.3, -0.25) is 4.79 Å². The van der Waals surface area contributed by atoms with Crippen molar-refractivity contribution in [2.24, 2.45) is 7.05 Å². The van der Waals surface area contributed by atoms with Crippen molar-refractivity contribution in [1.29, 1.82) is 0 Å². The third-order valence-corrected chi connectivity index (χ3v) is 6.15. The second-order valence-electron chi connectivity index (χ2n) is 7.25. The Bertz CT molecular complexity index is 1440. The van der Waals surface area contributed by atoms with Crippen molar-refractivity contribution >= 4 is 38.6 Å². The van der Waals surface area contributed by atoms with E-state index in [1.54, 1.807) is 24.7 Å². The van der Waals surface area contributed by atoms with Crippen LogP contribution in [0.15, 0.2) is 61.2 Å². The smallest absolute Gasteiger partial charge is 0.317 e. The third-order valence-electron chi connectivity index (χ3n) is 5.14. The highest BCUT2D eigenvalue weighted by molar-refractivity contribution is 7.21. The van der Waals surface area contributed by atoms with Crippen molar-refractivity contribution in [2.45, 2.75) is 13.0 Å². The van der Waals surface area contributed by atoms with Gasteiger partial charge >= 0.3 is 5.91 Å². The average Bonchev–Trinajstić information content (AvgIpc) is 3.37. The van der Waals surface area contributed by atoms with Gasteiger partial charge in [-0.2, -0.15) is 4.73 Å². The molecule has 31 heavy (non-hydrogen) atoms. The van der Waals surface area contributed by atoms with E-state index in [2.05, 4.69) is 15.3 Å². The summed E-state index contributed by atoms with van der Waals surface area (Å²) in [5.41, 5.74) is 4.51. The minimum atomic E-state index is -0.420. The molecule has 4 heterocycles. The van der Waals surface area contributed by atoms with E-state index in [0.717, 1.165) is 37.5 Å². The summed E-state index contributed by atoms with van der Waals surface area (Å²) in [6.45, 7) is 1.88. The Labute approximate surface area is 181 Å². The van der Waals surface area contributed by atoms with E-state index < -0.39 is 5.91 Å². The molecule has 0 aliphatic carbocycles. The summed E-state index contributed by atoms with van der Waals surface area (Å²) >= 11 is 1.52. The number of nitrogens with one attached hydrogen (secondary N) is 1. The highest BCUT2D eigenvalue weighted by atomic mass is 32.1. The molecule has 0 bridgehead atoms. The molecule has 1 N–H and O–H groups in total. The average molecular weight is 430 g/mol. The van der Waals surface area contributed by atoms with Crippen molar-refractivity contribution in [3.63, 3.8) is 0 Å². The van der Waals surface area contributed by atoms with Gasteiger partial charge in [-0.05, 0) is 24.6 Å². The van der Waals surface area contributed by atoms with E-state index in [0.29, 0.717) is 4.73 Å². The monoisotopic (exact) mass is 430 g/mol. The Hall–Kier alpha value is -3.85. The number of carbonyl (C=O) groups excluding carboxylic acids is 1. The summed E-state index contributed by atoms with van der Waals surface area (Å²) in [7, 11) is 1.94. The van der Waals surface area contributed by atoms with Crippen molar-refractivity contribution in [3.8, 4) is 10.6 Å². The van der Waals surface area contributed by atoms with Crippen molar-refractivity contribution in [3.05, 3.63) is 77.7 Å². The molecule has 1 amide bonds. The van der Waals surface area contributed by atoms with Gasteiger partial charge in [0.1, 0.15) is 20.9 Å². The van der Waals surface area contributed by atoms with Crippen LogP contribution < -0.4 is 10.0 Å². The fourth-order valence-corrected chi connectivity index (χ4v) is 4.44. The summed E-state index contributed by atoms with van der Waals surface area (Å²) in [5, 5.41) is 15.6. The molecule has 5 rings (SSSR count). The summed E-state index contributed by atoms with van der Waals surface area (Å²) in [6, 6.07) is 12.3. The fourth-order valence-electron chi connectivity index (χ4n) is 3.53. The number of benzene rings is 1. The number of aryl methyl sites for hydroxylation is 1. The first kappa shape index (κ1) is 19.1. The molecule has 154 valence electrons. The second-order valence-corrected chi connectivity index (χ2v) is 8.23. The molecule has 0 saturated carbocycles. The zero-order chi connectivity index (χ0) is 21.5. The van der Waals surface area contributed by atoms with E-state index in [1.165, 1.54) is 23.6 Å². The molecule has 8 nitrogen and oxygen atoms in total. The Morgan fingerprint density at radius 1 is 1.23 bits per heavy atom. The first-order chi connectivity index (χ1) is 15.0. The number of carbonyl (C=O) groups is 1. The number of thiazole rings is 1. The van der Waals surface area contributed by atoms with Crippen molar-refractivity contribution in [2.75, 3.05) is 0 Å². The van der Waals surface area contributed by atoms with Crippen LogP contribution in [0.1, 0.15) is 29.0 Å². The van der Waals surface area contributed by atoms with Gasteiger partial charge in [0, 0.05) is 24.7 Å². The number of hydrogen-bond acceptors (Lipinski definition) is 6. The van der Waals surface area contributed by atoms with Gasteiger partial charge in [0.25, 0.3) is 5.69 Å². The molecule has 4 aromatic heterocycles. The highest BCUT2D eigenvalue weighted by Gasteiger charge is 2.19. The molecule has 1 atom stereocenters. The lowest BCUT2D eigenvalue weighted by Gasteiger charge is -2.14. The number of pyridine rings is 2. The predicted molar refractivity (Wildman–Crippen MR) is 118 cm³/mol. The zero-order valence-corrected chi connectivity index (χ0v) is 17.6. The van der Waals surface area contributed by atoms with E-state index in [-0.39, 0.29) is 11.7 Å². The Balaban J connectivity index is 1.46. The van der Waals surface area contributed by atoms with Crippen LogP contribution in [-0.4, -0.2) is 25.4 Å². The molecule has 1 aromatic carbocycles. The lowest BCUT2D eigenvalue weighted by molar-refractivity contribution is -0.607. The predicted octanol–water partition coefficient (Wildman–Crippen LogP) is 3.37. The van der Waals surface area contributed by atoms with Gasteiger partial charge in [0.15, 0.2) is 6.20 Å². The molecule has 0 aliphatic heterocycles. The number of nitrogens with zero attached hydrogens (tertiary/aromatic N) is 5.